The third-order valence-electron chi connectivity index (χ3n) is 2.85. The molecule has 92 valence electrons. The molecule has 0 radical (unpaired) electrons. The second kappa shape index (κ2) is 12.3. The van der Waals surface area contributed by atoms with Crippen LogP contribution in [-0.4, -0.2) is 0 Å². The van der Waals surface area contributed by atoms with Crippen LogP contribution in [0.1, 0.15) is 71.6 Å². The highest BCUT2D eigenvalue weighted by Gasteiger charge is 1.93. The highest BCUT2D eigenvalue weighted by molar-refractivity contribution is 4.89. The Labute approximate surface area is 102 Å². The normalized spacial score (nSPS) is 12.8. The van der Waals surface area contributed by atoms with Gasteiger partial charge < -0.3 is 0 Å². The number of hydrogen-bond acceptors (Lipinski definition) is 1. The van der Waals surface area contributed by atoms with Crippen molar-refractivity contribution in [1.82, 2.24) is 0 Å². The van der Waals surface area contributed by atoms with Crippen LogP contribution in [0.15, 0.2) is 12.2 Å². The van der Waals surface area contributed by atoms with Crippen LogP contribution in [0.2, 0.25) is 0 Å². The summed E-state index contributed by atoms with van der Waals surface area (Å²) < 4.78 is 0. The minimum absolute atomic E-state index is 0.172. The van der Waals surface area contributed by atoms with Gasteiger partial charge in [-0.15, -0.1) is 0 Å². The molecule has 1 heteroatoms. The Hall–Kier alpha value is -0.770. The summed E-state index contributed by atoms with van der Waals surface area (Å²) in [5.41, 5.74) is 0. The first-order valence-corrected chi connectivity index (χ1v) is 6.85. The Kier molecular flexibility index (Phi) is 11.7. The smallest absolute Gasteiger partial charge is 0.0656 e. The Morgan fingerprint density at radius 1 is 1.00 bits per heavy atom. The van der Waals surface area contributed by atoms with Gasteiger partial charge >= 0.3 is 0 Å². The Morgan fingerprint density at radius 3 is 2.25 bits per heavy atom. The van der Waals surface area contributed by atoms with Crippen molar-refractivity contribution in [3.05, 3.63) is 12.2 Å². The van der Waals surface area contributed by atoms with E-state index in [0.717, 1.165) is 6.42 Å². The van der Waals surface area contributed by atoms with E-state index in [1.165, 1.54) is 51.4 Å². The van der Waals surface area contributed by atoms with Crippen LogP contribution in [0, 0.1) is 17.2 Å². The third-order valence-corrected chi connectivity index (χ3v) is 2.85. The van der Waals surface area contributed by atoms with Gasteiger partial charge in [-0.3, -0.25) is 0 Å². The van der Waals surface area contributed by atoms with Gasteiger partial charge in [0.1, 0.15) is 0 Å². The average Bonchev–Trinajstić information content (AvgIpc) is 2.31. The molecule has 0 aliphatic carbocycles. The molecular formula is C15H27N. The van der Waals surface area contributed by atoms with E-state index in [1.54, 1.807) is 0 Å². The van der Waals surface area contributed by atoms with Crippen molar-refractivity contribution in [1.29, 1.82) is 5.26 Å². The molecule has 0 amide bonds. The number of rotatable bonds is 10. The molecule has 0 saturated carbocycles. The zero-order valence-electron chi connectivity index (χ0n) is 11.0. The van der Waals surface area contributed by atoms with Gasteiger partial charge in [0.2, 0.25) is 0 Å². The quantitative estimate of drug-likeness (QED) is 0.366. The summed E-state index contributed by atoms with van der Waals surface area (Å²) in [5, 5.41) is 8.59. The second-order valence-corrected chi connectivity index (χ2v) is 4.65. The molecule has 1 nitrogen and oxygen atoms in total. The minimum Gasteiger partial charge on any atom is -0.198 e. The standard InChI is InChI=1S/C15H27N/c1-3-4-5-6-7-8-9-10-11-12-13-15(2)14-16/h11-12,15H,3-10,13H2,1-2H3/b12-11+. The predicted molar refractivity (Wildman–Crippen MR) is 71.1 cm³/mol. The molecule has 16 heavy (non-hydrogen) atoms. The average molecular weight is 221 g/mol. The monoisotopic (exact) mass is 221 g/mol. The lowest BCUT2D eigenvalue weighted by Gasteiger charge is -1.99. The van der Waals surface area contributed by atoms with Crippen LogP contribution in [-0.2, 0) is 0 Å². The first-order chi connectivity index (χ1) is 7.81. The molecule has 0 spiro atoms. The van der Waals surface area contributed by atoms with Gasteiger partial charge in [-0.25, -0.2) is 0 Å². The van der Waals surface area contributed by atoms with E-state index >= 15 is 0 Å². The van der Waals surface area contributed by atoms with Gasteiger partial charge in [-0.1, -0.05) is 57.6 Å². The number of nitrogens with zero attached hydrogens (tertiary/aromatic N) is 1. The molecule has 0 aliphatic rings. The molecular weight excluding hydrogens is 194 g/mol. The number of allylic oxidation sites excluding steroid dienone is 2. The van der Waals surface area contributed by atoms with E-state index in [1.807, 2.05) is 6.92 Å². The maximum Gasteiger partial charge on any atom is 0.0656 e. The van der Waals surface area contributed by atoms with Gasteiger partial charge in [0.05, 0.1) is 6.07 Å². The highest BCUT2D eigenvalue weighted by atomic mass is 14.2. The number of unbranched alkanes of at least 4 members (excludes halogenated alkanes) is 7. The Bertz CT molecular complexity index is 200. The first kappa shape index (κ1) is 15.2. The zero-order valence-corrected chi connectivity index (χ0v) is 11.0. The lowest BCUT2D eigenvalue weighted by Crippen LogP contribution is -1.85. The minimum atomic E-state index is 0.172. The molecule has 0 aliphatic heterocycles. The molecule has 0 aromatic carbocycles. The number of hydrogen-bond donors (Lipinski definition) is 0. The van der Waals surface area contributed by atoms with Crippen LogP contribution in [0.25, 0.3) is 0 Å². The summed E-state index contributed by atoms with van der Waals surface area (Å²) in [6.45, 7) is 4.23. The summed E-state index contributed by atoms with van der Waals surface area (Å²) in [7, 11) is 0. The van der Waals surface area contributed by atoms with Crippen molar-refractivity contribution in [3.8, 4) is 6.07 Å². The lowest BCUT2D eigenvalue weighted by molar-refractivity contribution is 0.591. The van der Waals surface area contributed by atoms with Crippen molar-refractivity contribution in [2.75, 3.05) is 0 Å². The predicted octanol–water partition coefficient (Wildman–Crippen LogP) is 5.23. The van der Waals surface area contributed by atoms with E-state index in [0.29, 0.717) is 0 Å². The number of nitriles is 1. The van der Waals surface area contributed by atoms with E-state index in [9.17, 15) is 0 Å². The molecule has 0 heterocycles. The van der Waals surface area contributed by atoms with E-state index in [4.69, 9.17) is 5.26 Å². The fourth-order valence-corrected chi connectivity index (χ4v) is 1.69. The van der Waals surface area contributed by atoms with Crippen LogP contribution < -0.4 is 0 Å². The summed E-state index contributed by atoms with van der Waals surface area (Å²) in [6, 6.07) is 2.24. The molecule has 0 rings (SSSR count). The van der Waals surface area contributed by atoms with Crippen molar-refractivity contribution >= 4 is 0 Å². The van der Waals surface area contributed by atoms with Crippen molar-refractivity contribution < 1.29 is 0 Å². The van der Waals surface area contributed by atoms with Gasteiger partial charge in [0, 0.05) is 5.92 Å². The van der Waals surface area contributed by atoms with Gasteiger partial charge in [0.25, 0.3) is 0 Å². The molecule has 0 saturated heterocycles. The summed E-state index contributed by atoms with van der Waals surface area (Å²) in [5.74, 6) is 0.172. The maximum atomic E-state index is 8.59. The van der Waals surface area contributed by atoms with Crippen LogP contribution in [0.3, 0.4) is 0 Å². The molecule has 1 unspecified atom stereocenters. The molecule has 0 bridgehead atoms. The van der Waals surface area contributed by atoms with Crippen LogP contribution in [0.4, 0.5) is 0 Å². The van der Waals surface area contributed by atoms with Crippen LogP contribution >= 0.6 is 0 Å². The molecule has 0 fully saturated rings. The van der Waals surface area contributed by atoms with Crippen molar-refractivity contribution in [2.45, 2.75) is 71.6 Å². The van der Waals surface area contributed by atoms with Gasteiger partial charge in [0.15, 0.2) is 0 Å². The maximum absolute atomic E-state index is 8.59. The van der Waals surface area contributed by atoms with Crippen molar-refractivity contribution in [2.24, 2.45) is 5.92 Å². The highest BCUT2D eigenvalue weighted by Crippen LogP contribution is 2.09. The fourth-order valence-electron chi connectivity index (χ4n) is 1.69. The summed E-state index contributed by atoms with van der Waals surface area (Å²) in [6.07, 6.45) is 16.1. The largest absolute Gasteiger partial charge is 0.198 e. The SMILES string of the molecule is CCCCCCCCC/C=C/CC(C)C#N. The fraction of sp³-hybridized carbons (Fsp3) is 0.800. The van der Waals surface area contributed by atoms with E-state index in [2.05, 4.69) is 25.1 Å². The first-order valence-electron chi connectivity index (χ1n) is 6.85. The summed E-state index contributed by atoms with van der Waals surface area (Å²) >= 11 is 0. The third kappa shape index (κ3) is 11.3. The zero-order chi connectivity index (χ0) is 12.1. The van der Waals surface area contributed by atoms with Gasteiger partial charge in [-0.05, 0) is 26.2 Å². The second-order valence-electron chi connectivity index (χ2n) is 4.65. The Morgan fingerprint density at radius 2 is 1.62 bits per heavy atom. The molecule has 0 aromatic heterocycles. The Balaban J connectivity index is 3.12. The van der Waals surface area contributed by atoms with Gasteiger partial charge in [-0.2, -0.15) is 5.26 Å². The molecule has 1 atom stereocenters. The molecule has 0 aromatic rings. The van der Waals surface area contributed by atoms with Crippen LogP contribution in [0.5, 0.6) is 0 Å². The summed E-state index contributed by atoms with van der Waals surface area (Å²) in [4.78, 5) is 0. The van der Waals surface area contributed by atoms with E-state index in [-0.39, 0.29) is 5.92 Å². The molecule has 0 N–H and O–H groups in total. The topological polar surface area (TPSA) is 23.8 Å². The lowest BCUT2D eigenvalue weighted by atomic mass is 10.1. The van der Waals surface area contributed by atoms with E-state index < -0.39 is 0 Å². The van der Waals surface area contributed by atoms with Crippen molar-refractivity contribution in [3.63, 3.8) is 0 Å².